The first-order chi connectivity index (χ1) is 11.9. The Bertz CT molecular complexity index is 909. The van der Waals surface area contributed by atoms with Gasteiger partial charge in [-0.15, -0.1) is 0 Å². The number of nitrogens with one attached hydrogen (secondary N) is 2. The van der Waals surface area contributed by atoms with Gasteiger partial charge in [0.15, 0.2) is 5.65 Å². The van der Waals surface area contributed by atoms with Gasteiger partial charge in [-0.3, -0.25) is 9.78 Å². The Balaban J connectivity index is 2.01. The van der Waals surface area contributed by atoms with Crippen molar-refractivity contribution in [1.29, 1.82) is 0 Å². The summed E-state index contributed by atoms with van der Waals surface area (Å²) in [6.07, 6.45) is 2.04. The number of H-pyrrole nitrogens is 1. The minimum atomic E-state index is -0.288. The average Bonchev–Trinajstić information content (AvgIpc) is 3.00. The Kier molecular flexibility index (Phi) is 4.59. The molecule has 0 aliphatic carbocycles. The molecule has 0 saturated carbocycles. The normalized spacial score (nSPS) is 13.1. The zero-order valence-electron chi connectivity index (χ0n) is 14.7. The molecule has 3 aromatic rings. The van der Waals surface area contributed by atoms with Crippen LogP contribution in [0.15, 0.2) is 41.3 Å². The van der Waals surface area contributed by atoms with E-state index in [1.807, 2.05) is 51.1 Å². The number of hydrogen-bond donors (Lipinski definition) is 3. The van der Waals surface area contributed by atoms with Gasteiger partial charge in [0.05, 0.1) is 17.8 Å². The molecule has 0 radical (unpaired) electrons. The number of benzene rings is 1. The SMILES string of the molecule is CC(C)(C)n1ncc2c(=O)[nH]c(N[C@@H](CCO)c3ccccc3)nc21. The van der Waals surface area contributed by atoms with Gasteiger partial charge in [-0.1, -0.05) is 30.3 Å². The van der Waals surface area contributed by atoms with Gasteiger partial charge >= 0.3 is 0 Å². The first-order valence-electron chi connectivity index (χ1n) is 8.31. The monoisotopic (exact) mass is 341 g/mol. The second kappa shape index (κ2) is 6.68. The quantitative estimate of drug-likeness (QED) is 0.662. The maximum atomic E-state index is 12.4. The van der Waals surface area contributed by atoms with E-state index >= 15 is 0 Å². The lowest BCUT2D eigenvalue weighted by atomic mass is 10.0. The Morgan fingerprint density at radius 2 is 2.00 bits per heavy atom. The lowest BCUT2D eigenvalue weighted by molar-refractivity contribution is 0.280. The van der Waals surface area contributed by atoms with Crippen LogP contribution in [0.1, 0.15) is 38.8 Å². The molecule has 0 unspecified atom stereocenters. The summed E-state index contributed by atoms with van der Waals surface area (Å²) < 4.78 is 1.74. The highest BCUT2D eigenvalue weighted by Crippen LogP contribution is 2.22. The average molecular weight is 341 g/mol. The second-order valence-corrected chi connectivity index (χ2v) is 7.00. The molecule has 0 bridgehead atoms. The number of anilines is 1. The van der Waals surface area contributed by atoms with Crippen molar-refractivity contribution in [2.24, 2.45) is 0 Å². The largest absolute Gasteiger partial charge is 0.396 e. The zero-order chi connectivity index (χ0) is 18.0. The molecule has 1 atom stereocenters. The van der Waals surface area contributed by atoms with Crippen molar-refractivity contribution in [2.75, 3.05) is 11.9 Å². The van der Waals surface area contributed by atoms with Gasteiger partial charge < -0.3 is 10.4 Å². The standard InChI is InChI=1S/C18H23N5O2/c1-18(2,3)23-15-13(11-19-23)16(25)22-17(21-15)20-14(9-10-24)12-7-5-4-6-8-12/h4-8,11,14,24H,9-10H2,1-3H3,(H2,20,21,22,25)/t14-/m0/s1. The van der Waals surface area contributed by atoms with E-state index in [-0.39, 0.29) is 23.7 Å². The number of rotatable bonds is 5. The van der Waals surface area contributed by atoms with Gasteiger partial charge in [-0.05, 0) is 32.8 Å². The number of fused-ring (bicyclic) bond motifs is 1. The molecule has 132 valence electrons. The molecule has 0 fully saturated rings. The van der Waals surface area contributed by atoms with Crippen molar-refractivity contribution in [3.63, 3.8) is 0 Å². The van der Waals surface area contributed by atoms with Crippen molar-refractivity contribution in [1.82, 2.24) is 19.7 Å². The molecule has 2 aromatic heterocycles. The number of aromatic amines is 1. The van der Waals surface area contributed by atoms with Gasteiger partial charge in [0.25, 0.3) is 5.56 Å². The maximum absolute atomic E-state index is 12.4. The van der Waals surface area contributed by atoms with Crippen LogP contribution in [0.2, 0.25) is 0 Å². The number of aliphatic hydroxyl groups excluding tert-OH is 1. The van der Waals surface area contributed by atoms with E-state index < -0.39 is 0 Å². The van der Waals surface area contributed by atoms with Gasteiger partial charge in [-0.25, -0.2) is 4.68 Å². The van der Waals surface area contributed by atoms with Crippen molar-refractivity contribution in [3.05, 3.63) is 52.4 Å². The smallest absolute Gasteiger partial charge is 0.263 e. The highest BCUT2D eigenvalue weighted by atomic mass is 16.3. The van der Waals surface area contributed by atoms with Crippen LogP contribution in [0.5, 0.6) is 0 Å². The van der Waals surface area contributed by atoms with Gasteiger partial charge in [0, 0.05) is 6.61 Å². The lowest BCUT2D eigenvalue weighted by Gasteiger charge is -2.21. The molecular weight excluding hydrogens is 318 g/mol. The van der Waals surface area contributed by atoms with E-state index in [0.29, 0.717) is 23.4 Å². The van der Waals surface area contributed by atoms with E-state index in [2.05, 4.69) is 20.4 Å². The van der Waals surface area contributed by atoms with Crippen molar-refractivity contribution in [2.45, 2.75) is 38.8 Å². The van der Waals surface area contributed by atoms with Crippen LogP contribution in [0.25, 0.3) is 11.0 Å². The van der Waals surface area contributed by atoms with Crippen molar-refractivity contribution < 1.29 is 5.11 Å². The Morgan fingerprint density at radius 1 is 1.28 bits per heavy atom. The Hall–Kier alpha value is -2.67. The van der Waals surface area contributed by atoms with Crippen LogP contribution < -0.4 is 10.9 Å². The highest BCUT2D eigenvalue weighted by Gasteiger charge is 2.20. The van der Waals surface area contributed by atoms with Gasteiger partial charge in [0.2, 0.25) is 5.95 Å². The minimum Gasteiger partial charge on any atom is -0.396 e. The molecule has 7 nitrogen and oxygen atoms in total. The summed E-state index contributed by atoms with van der Waals surface area (Å²) in [5, 5.41) is 17.4. The first-order valence-corrected chi connectivity index (χ1v) is 8.31. The minimum absolute atomic E-state index is 0.0267. The van der Waals surface area contributed by atoms with Gasteiger partial charge in [0.1, 0.15) is 5.39 Å². The molecule has 0 amide bonds. The number of nitrogens with zero attached hydrogens (tertiary/aromatic N) is 3. The molecule has 3 N–H and O–H groups in total. The number of aromatic nitrogens is 4. The zero-order valence-corrected chi connectivity index (χ0v) is 14.7. The third kappa shape index (κ3) is 3.56. The summed E-state index contributed by atoms with van der Waals surface area (Å²) in [5.41, 5.74) is 1.03. The maximum Gasteiger partial charge on any atom is 0.263 e. The second-order valence-electron chi connectivity index (χ2n) is 7.00. The molecule has 0 saturated heterocycles. The van der Waals surface area contributed by atoms with Gasteiger partial charge in [-0.2, -0.15) is 10.1 Å². The van der Waals surface area contributed by atoms with E-state index in [1.165, 1.54) is 0 Å². The molecule has 0 aliphatic rings. The molecule has 0 aliphatic heterocycles. The van der Waals surface area contributed by atoms with Crippen LogP contribution in [0.4, 0.5) is 5.95 Å². The lowest BCUT2D eigenvalue weighted by Crippen LogP contribution is -2.24. The summed E-state index contributed by atoms with van der Waals surface area (Å²) in [7, 11) is 0. The van der Waals surface area contributed by atoms with Crippen molar-refractivity contribution in [3.8, 4) is 0 Å². The van der Waals surface area contributed by atoms with E-state index in [1.54, 1.807) is 10.9 Å². The Labute approximate surface area is 145 Å². The molecule has 3 rings (SSSR count). The molecule has 2 heterocycles. The third-order valence-electron chi connectivity index (χ3n) is 4.00. The molecule has 0 spiro atoms. The van der Waals surface area contributed by atoms with E-state index in [0.717, 1.165) is 5.56 Å². The molecule has 7 heteroatoms. The summed E-state index contributed by atoms with van der Waals surface area (Å²) in [6.45, 7) is 6.05. The molecule has 1 aromatic carbocycles. The number of aliphatic hydroxyl groups is 1. The topological polar surface area (TPSA) is 95.8 Å². The fraction of sp³-hybridized carbons (Fsp3) is 0.389. The van der Waals surface area contributed by atoms with Crippen LogP contribution in [0, 0.1) is 0 Å². The molecular formula is C18H23N5O2. The van der Waals surface area contributed by atoms with E-state index in [4.69, 9.17) is 0 Å². The predicted octanol–water partition coefficient (Wildman–Crippen LogP) is 2.41. The van der Waals surface area contributed by atoms with Crippen LogP contribution in [0.3, 0.4) is 0 Å². The third-order valence-corrected chi connectivity index (χ3v) is 4.00. The summed E-state index contributed by atoms with van der Waals surface area (Å²) in [5.74, 6) is 0.366. The summed E-state index contributed by atoms with van der Waals surface area (Å²) in [6, 6.07) is 9.61. The fourth-order valence-corrected chi connectivity index (χ4v) is 2.78. The number of hydrogen-bond acceptors (Lipinski definition) is 5. The highest BCUT2D eigenvalue weighted by molar-refractivity contribution is 5.74. The van der Waals surface area contributed by atoms with Crippen LogP contribution >= 0.6 is 0 Å². The Morgan fingerprint density at radius 3 is 2.64 bits per heavy atom. The first kappa shape index (κ1) is 17.2. The van der Waals surface area contributed by atoms with Crippen molar-refractivity contribution >= 4 is 17.0 Å². The summed E-state index contributed by atoms with van der Waals surface area (Å²) in [4.78, 5) is 19.7. The summed E-state index contributed by atoms with van der Waals surface area (Å²) >= 11 is 0. The van der Waals surface area contributed by atoms with Crippen LogP contribution in [-0.2, 0) is 5.54 Å². The fourth-order valence-electron chi connectivity index (χ4n) is 2.78. The predicted molar refractivity (Wildman–Crippen MR) is 97.7 cm³/mol. The van der Waals surface area contributed by atoms with E-state index in [9.17, 15) is 9.90 Å². The van der Waals surface area contributed by atoms with Crippen LogP contribution in [-0.4, -0.2) is 31.5 Å². The molecule has 25 heavy (non-hydrogen) atoms.